The van der Waals surface area contributed by atoms with E-state index in [1.54, 1.807) is 18.2 Å². The fourth-order valence-electron chi connectivity index (χ4n) is 4.85. The molecule has 9 nitrogen and oxygen atoms in total. The number of nitrogens with one attached hydrogen (secondary N) is 1. The molecule has 2 aromatic carbocycles. The Bertz CT molecular complexity index is 1260. The number of carbonyl (C=O) groups is 1. The fourth-order valence-corrected chi connectivity index (χ4v) is 7.13. The first-order valence-electron chi connectivity index (χ1n) is 12.0. The average molecular weight is 515 g/mol. The van der Waals surface area contributed by atoms with Crippen LogP contribution in [0.25, 0.3) is 11.0 Å². The lowest BCUT2D eigenvalue weighted by atomic mass is 9.99. The van der Waals surface area contributed by atoms with Gasteiger partial charge in [0.15, 0.2) is 0 Å². The Morgan fingerprint density at radius 3 is 2.60 bits per heavy atom. The van der Waals surface area contributed by atoms with Crippen LogP contribution in [0.5, 0.6) is 0 Å². The summed E-state index contributed by atoms with van der Waals surface area (Å²) in [7, 11) is -3.75. The summed E-state index contributed by atoms with van der Waals surface area (Å²) < 4.78 is 36.4. The number of benzene rings is 2. The molecule has 0 unspecified atom stereocenters. The number of hydrogen-bond donors (Lipinski definition) is 1. The van der Waals surface area contributed by atoms with Gasteiger partial charge in [-0.1, -0.05) is 24.3 Å². The molecule has 2 aliphatic heterocycles. The van der Waals surface area contributed by atoms with E-state index in [9.17, 15) is 13.2 Å². The molecule has 0 bridgehead atoms. The number of piperazine rings is 1. The van der Waals surface area contributed by atoms with Crippen molar-refractivity contribution >= 4 is 44.4 Å². The van der Waals surface area contributed by atoms with Gasteiger partial charge in [-0.2, -0.15) is 13.1 Å². The molecule has 0 radical (unpaired) electrons. The van der Waals surface area contributed by atoms with Gasteiger partial charge in [-0.3, -0.25) is 9.69 Å². The van der Waals surface area contributed by atoms with Crippen molar-refractivity contribution in [3.05, 3.63) is 48.5 Å². The van der Waals surface area contributed by atoms with Gasteiger partial charge in [0.05, 0.1) is 17.6 Å². The van der Waals surface area contributed by atoms with E-state index >= 15 is 0 Å². The molecular formula is C24H30N6O3S2. The van der Waals surface area contributed by atoms with Crippen LogP contribution < -0.4 is 10.2 Å². The number of aromatic nitrogens is 2. The fraction of sp³-hybridized carbons (Fsp3) is 0.458. The standard InChI is InChI=1S/C24H30N6O3S2/c31-24(25-11-13-28-14-16-29(17-15-28)20-7-2-1-3-8-20)19-6-5-12-30(18-19)35(32,33)22-10-4-9-21-23(22)27-34-26-21/h1-4,7-10,19H,5-6,11-18H2,(H,25,31)/t19-/m1/s1. The van der Waals surface area contributed by atoms with Gasteiger partial charge in [-0.15, -0.1) is 0 Å². The minimum absolute atomic E-state index is 0.0682. The molecule has 1 atom stereocenters. The molecule has 2 fully saturated rings. The van der Waals surface area contributed by atoms with E-state index in [-0.39, 0.29) is 23.3 Å². The first-order chi connectivity index (χ1) is 17.0. The van der Waals surface area contributed by atoms with E-state index in [1.807, 2.05) is 6.07 Å². The molecule has 1 aromatic heterocycles. The van der Waals surface area contributed by atoms with Crippen molar-refractivity contribution in [2.75, 3.05) is 57.3 Å². The highest BCUT2D eigenvalue weighted by Crippen LogP contribution is 2.28. The maximum absolute atomic E-state index is 13.3. The van der Waals surface area contributed by atoms with E-state index in [1.165, 1.54) is 9.99 Å². The van der Waals surface area contributed by atoms with E-state index in [0.29, 0.717) is 37.0 Å². The van der Waals surface area contributed by atoms with Gasteiger partial charge < -0.3 is 10.2 Å². The molecule has 0 saturated carbocycles. The molecule has 2 saturated heterocycles. The third kappa shape index (κ3) is 5.32. The summed E-state index contributed by atoms with van der Waals surface area (Å²) in [5, 5.41) is 3.04. The zero-order valence-electron chi connectivity index (χ0n) is 19.5. The summed E-state index contributed by atoms with van der Waals surface area (Å²) in [4.78, 5) is 17.8. The topological polar surface area (TPSA) is 98.7 Å². The third-order valence-electron chi connectivity index (χ3n) is 6.84. The summed E-state index contributed by atoms with van der Waals surface area (Å²) in [5.74, 6) is -0.414. The van der Waals surface area contributed by atoms with Crippen molar-refractivity contribution in [3.8, 4) is 0 Å². The van der Waals surface area contributed by atoms with E-state index in [2.05, 4.69) is 48.1 Å². The van der Waals surface area contributed by atoms with Crippen molar-refractivity contribution in [2.24, 2.45) is 5.92 Å². The second kappa shape index (κ2) is 10.6. The van der Waals surface area contributed by atoms with Gasteiger partial charge in [0, 0.05) is 58.0 Å². The number of carbonyl (C=O) groups excluding carboxylic acids is 1. The molecule has 186 valence electrons. The monoisotopic (exact) mass is 514 g/mol. The maximum atomic E-state index is 13.3. The van der Waals surface area contributed by atoms with Gasteiger partial charge in [-0.25, -0.2) is 8.42 Å². The summed E-state index contributed by atoms with van der Waals surface area (Å²) in [6, 6.07) is 15.4. The van der Waals surface area contributed by atoms with E-state index in [4.69, 9.17) is 0 Å². The maximum Gasteiger partial charge on any atom is 0.245 e. The third-order valence-corrected chi connectivity index (χ3v) is 9.28. The van der Waals surface area contributed by atoms with Crippen molar-refractivity contribution in [3.63, 3.8) is 0 Å². The molecule has 35 heavy (non-hydrogen) atoms. The summed E-state index contributed by atoms with van der Waals surface area (Å²) >= 11 is 1.00. The number of sulfonamides is 1. The van der Waals surface area contributed by atoms with Crippen LogP contribution >= 0.6 is 11.7 Å². The number of fused-ring (bicyclic) bond motifs is 1. The van der Waals surface area contributed by atoms with Crippen LogP contribution in [-0.2, 0) is 14.8 Å². The predicted octanol–water partition coefficient (Wildman–Crippen LogP) is 2.03. The molecule has 2 aliphatic rings. The molecule has 1 amide bonds. The molecule has 1 N–H and O–H groups in total. The quantitative estimate of drug-likeness (QED) is 0.515. The van der Waals surface area contributed by atoms with Crippen LogP contribution in [0, 0.1) is 5.92 Å². The number of piperidine rings is 1. The second-order valence-corrected chi connectivity index (χ2v) is 11.5. The summed E-state index contributed by atoms with van der Waals surface area (Å²) in [6.45, 7) is 5.81. The first-order valence-corrected chi connectivity index (χ1v) is 14.2. The average Bonchev–Trinajstić information content (AvgIpc) is 3.39. The molecule has 0 aliphatic carbocycles. The van der Waals surface area contributed by atoms with Gasteiger partial charge in [0.25, 0.3) is 0 Å². The summed E-state index contributed by atoms with van der Waals surface area (Å²) in [5.41, 5.74) is 2.22. The van der Waals surface area contributed by atoms with Crippen molar-refractivity contribution in [1.29, 1.82) is 0 Å². The van der Waals surface area contributed by atoms with Gasteiger partial charge >= 0.3 is 0 Å². The van der Waals surface area contributed by atoms with Crippen LogP contribution in [0.2, 0.25) is 0 Å². The van der Waals surface area contributed by atoms with Gasteiger partial charge in [-0.05, 0) is 37.1 Å². The predicted molar refractivity (Wildman–Crippen MR) is 137 cm³/mol. The minimum atomic E-state index is -3.75. The van der Waals surface area contributed by atoms with Gasteiger partial charge in [0.1, 0.15) is 15.9 Å². The Morgan fingerprint density at radius 1 is 1.00 bits per heavy atom. The first kappa shape index (κ1) is 24.1. The summed E-state index contributed by atoms with van der Waals surface area (Å²) in [6.07, 6.45) is 1.35. The number of anilines is 1. The molecular weight excluding hydrogens is 484 g/mol. The number of amides is 1. The minimum Gasteiger partial charge on any atom is -0.369 e. The molecule has 0 spiro atoms. The Balaban J connectivity index is 1.12. The second-order valence-electron chi connectivity index (χ2n) is 9.05. The van der Waals surface area contributed by atoms with E-state index in [0.717, 1.165) is 44.5 Å². The van der Waals surface area contributed by atoms with Crippen LogP contribution in [0.3, 0.4) is 0 Å². The number of rotatable bonds is 7. The zero-order chi connectivity index (χ0) is 24.3. The van der Waals surface area contributed by atoms with E-state index < -0.39 is 10.0 Å². The normalized spacial score (nSPS) is 20.2. The Morgan fingerprint density at radius 2 is 1.80 bits per heavy atom. The molecule has 3 aromatic rings. The lowest BCUT2D eigenvalue weighted by Crippen LogP contribution is -2.49. The van der Waals surface area contributed by atoms with Crippen molar-refractivity contribution in [1.82, 2.24) is 23.3 Å². The number of nitrogens with zero attached hydrogens (tertiary/aromatic N) is 5. The Labute approximate surface area is 210 Å². The highest BCUT2D eigenvalue weighted by Gasteiger charge is 2.34. The molecule has 3 heterocycles. The Kier molecular flexibility index (Phi) is 7.28. The lowest BCUT2D eigenvalue weighted by Gasteiger charge is -2.36. The molecule has 5 rings (SSSR count). The number of para-hydroxylation sites is 1. The SMILES string of the molecule is O=C(NCCN1CCN(c2ccccc2)CC1)[C@@H]1CCCN(S(=O)(=O)c2cccc3nsnc23)C1. The lowest BCUT2D eigenvalue weighted by molar-refractivity contribution is -0.126. The zero-order valence-corrected chi connectivity index (χ0v) is 21.2. The molecule has 11 heteroatoms. The number of hydrogen-bond acceptors (Lipinski definition) is 8. The Hall–Kier alpha value is -2.60. The highest BCUT2D eigenvalue weighted by atomic mass is 32.2. The highest BCUT2D eigenvalue weighted by molar-refractivity contribution is 7.89. The smallest absolute Gasteiger partial charge is 0.245 e. The van der Waals surface area contributed by atoms with Crippen LogP contribution in [-0.4, -0.2) is 84.6 Å². The van der Waals surface area contributed by atoms with Crippen molar-refractivity contribution < 1.29 is 13.2 Å². The van der Waals surface area contributed by atoms with Crippen LogP contribution in [0.15, 0.2) is 53.4 Å². The van der Waals surface area contributed by atoms with Crippen LogP contribution in [0.1, 0.15) is 12.8 Å². The van der Waals surface area contributed by atoms with Crippen LogP contribution in [0.4, 0.5) is 5.69 Å². The largest absolute Gasteiger partial charge is 0.369 e. The van der Waals surface area contributed by atoms with Gasteiger partial charge in [0.2, 0.25) is 15.9 Å². The van der Waals surface area contributed by atoms with Crippen molar-refractivity contribution in [2.45, 2.75) is 17.7 Å².